The van der Waals surface area contributed by atoms with E-state index in [4.69, 9.17) is 0 Å². The van der Waals surface area contributed by atoms with Crippen molar-refractivity contribution >= 4 is 11.6 Å². The zero-order valence-electron chi connectivity index (χ0n) is 13.2. The van der Waals surface area contributed by atoms with Crippen LogP contribution in [0.5, 0.6) is 0 Å². The van der Waals surface area contributed by atoms with Gasteiger partial charge >= 0.3 is 0 Å². The van der Waals surface area contributed by atoms with Crippen LogP contribution in [0.3, 0.4) is 0 Å². The van der Waals surface area contributed by atoms with Crippen LogP contribution in [-0.4, -0.2) is 22.6 Å². The lowest BCUT2D eigenvalue weighted by molar-refractivity contribution is 0.747. The average molecular weight is 296 g/mol. The molecule has 0 amide bonds. The molecule has 1 fully saturated rings. The van der Waals surface area contributed by atoms with Gasteiger partial charge in [0, 0.05) is 25.2 Å². The van der Waals surface area contributed by atoms with Crippen molar-refractivity contribution in [2.45, 2.75) is 45.2 Å². The fourth-order valence-electron chi connectivity index (χ4n) is 3.04. The van der Waals surface area contributed by atoms with E-state index in [0.29, 0.717) is 6.04 Å². The van der Waals surface area contributed by atoms with Crippen LogP contribution in [0, 0.1) is 0 Å². The van der Waals surface area contributed by atoms with Crippen molar-refractivity contribution in [2.75, 3.05) is 16.8 Å². The fraction of sp³-hybridized carbons (Fsp3) is 0.444. The maximum atomic E-state index is 4.46. The molecular formula is C18H24N4. The molecule has 116 valence electrons. The van der Waals surface area contributed by atoms with Crippen molar-refractivity contribution in [1.29, 1.82) is 0 Å². The van der Waals surface area contributed by atoms with Gasteiger partial charge in [0.1, 0.15) is 18.0 Å². The lowest BCUT2D eigenvalue weighted by atomic mass is 10.2. The van der Waals surface area contributed by atoms with E-state index in [1.54, 1.807) is 6.33 Å². The molecule has 0 spiro atoms. The molecule has 1 aliphatic carbocycles. The molecule has 22 heavy (non-hydrogen) atoms. The summed E-state index contributed by atoms with van der Waals surface area (Å²) in [5.41, 5.74) is 1.30. The second kappa shape index (κ2) is 7.25. The zero-order valence-corrected chi connectivity index (χ0v) is 13.2. The lowest BCUT2D eigenvalue weighted by Gasteiger charge is -2.23. The molecule has 1 aromatic heterocycles. The third-order valence-corrected chi connectivity index (χ3v) is 4.28. The smallest absolute Gasteiger partial charge is 0.134 e. The molecule has 1 saturated carbocycles. The van der Waals surface area contributed by atoms with Gasteiger partial charge in [-0.25, -0.2) is 9.97 Å². The minimum atomic E-state index is 0.576. The maximum Gasteiger partial charge on any atom is 0.134 e. The summed E-state index contributed by atoms with van der Waals surface area (Å²) in [5, 5.41) is 3.55. The number of aromatic nitrogens is 2. The highest BCUT2D eigenvalue weighted by molar-refractivity contribution is 5.49. The maximum absolute atomic E-state index is 4.46. The summed E-state index contributed by atoms with van der Waals surface area (Å²) in [6.07, 6.45) is 6.82. The van der Waals surface area contributed by atoms with E-state index in [0.717, 1.165) is 24.7 Å². The first kappa shape index (κ1) is 14.8. The lowest BCUT2D eigenvalue weighted by Crippen LogP contribution is -2.24. The van der Waals surface area contributed by atoms with Crippen molar-refractivity contribution in [3.63, 3.8) is 0 Å². The Hall–Kier alpha value is -2.10. The van der Waals surface area contributed by atoms with E-state index in [9.17, 15) is 0 Å². The Labute approximate surface area is 132 Å². The average Bonchev–Trinajstić information content (AvgIpc) is 3.07. The molecule has 0 unspecified atom stereocenters. The van der Waals surface area contributed by atoms with Gasteiger partial charge in [-0.3, -0.25) is 0 Å². The number of hydrogen-bond donors (Lipinski definition) is 1. The molecule has 0 aliphatic heterocycles. The number of nitrogens with zero attached hydrogens (tertiary/aromatic N) is 3. The summed E-state index contributed by atoms with van der Waals surface area (Å²) in [7, 11) is 0. The number of hydrogen-bond acceptors (Lipinski definition) is 4. The summed E-state index contributed by atoms with van der Waals surface area (Å²) in [6, 6.07) is 13.2. The van der Waals surface area contributed by atoms with Crippen LogP contribution in [0.2, 0.25) is 0 Å². The highest BCUT2D eigenvalue weighted by atomic mass is 15.2. The summed E-state index contributed by atoms with van der Waals surface area (Å²) < 4.78 is 0. The quantitative estimate of drug-likeness (QED) is 0.879. The summed E-state index contributed by atoms with van der Waals surface area (Å²) >= 11 is 0. The van der Waals surface area contributed by atoms with E-state index in [-0.39, 0.29) is 0 Å². The van der Waals surface area contributed by atoms with Crippen LogP contribution >= 0.6 is 0 Å². The molecule has 4 heteroatoms. The van der Waals surface area contributed by atoms with E-state index >= 15 is 0 Å². The Balaban J connectivity index is 1.71. The van der Waals surface area contributed by atoms with Gasteiger partial charge < -0.3 is 10.2 Å². The first-order chi connectivity index (χ1) is 10.8. The Morgan fingerprint density at radius 2 is 1.91 bits per heavy atom. The molecule has 0 bridgehead atoms. The van der Waals surface area contributed by atoms with Crippen LogP contribution in [0.1, 0.15) is 38.2 Å². The number of nitrogens with one attached hydrogen (secondary N) is 1. The van der Waals surface area contributed by atoms with Crippen molar-refractivity contribution < 1.29 is 0 Å². The fourth-order valence-corrected chi connectivity index (χ4v) is 3.04. The van der Waals surface area contributed by atoms with Crippen molar-refractivity contribution in [1.82, 2.24) is 9.97 Å². The van der Waals surface area contributed by atoms with E-state index in [2.05, 4.69) is 57.4 Å². The van der Waals surface area contributed by atoms with Gasteiger partial charge in [0.05, 0.1) is 0 Å². The van der Waals surface area contributed by atoms with E-state index < -0.39 is 0 Å². The topological polar surface area (TPSA) is 41.0 Å². The molecule has 1 aromatic carbocycles. The van der Waals surface area contributed by atoms with Gasteiger partial charge in [0.15, 0.2) is 0 Å². The molecule has 2 aromatic rings. The van der Waals surface area contributed by atoms with Crippen LogP contribution in [0.4, 0.5) is 11.6 Å². The SMILES string of the molecule is CCN(Cc1ccccc1)c1cc(NC2CCCC2)ncn1. The van der Waals surface area contributed by atoms with Crippen LogP contribution in [0.15, 0.2) is 42.7 Å². The zero-order chi connectivity index (χ0) is 15.2. The third-order valence-electron chi connectivity index (χ3n) is 4.28. The van der Waals surface area contributed by atoms with Crippen molar-refractivity contribution in [3.05, 3.63) is 48.3 Å². The first-order valence-electron chi connectivity index (χ1n) is 8.22. The van der Waals surface area contributed by atoms with Gasteiger partial charge in [0.25, 0.3) is 0 Å². The molecular weight excluding hydrogens is 272 g/mol. The van der Waals surface area contributed by atoms with E-state index in [1.165, 1.54) is 31.2 Å². The minimum absolute atomic E-state index is 0.576. The van der Waals surface area contributed by atoms with Gasteiger partial charge in [-0.05, 0) is 25.3 Å². The molecule has 0 atom stereocenters. The molecule has 0 saturated heterocycles. The number of anilines is 2. The largest absolute Gasteiger partial charge is 0.367 e. The highest BCUT2D eigenvalue weighted by Crippen LogP contribution is 2.23. The normalized spacial score (nSPS) is 15.0. The standard InChI is InChI=1S/C18H24N4/c1-2-22(13-15-8-4-3-5-9-15)18-12-17(19-14-20-18)21-16-10-6-7-11-16/h3-5,8-9,12,14,16H,2,6-7,10-11,13H2,1H3,(H,19,20,21). The van der Waals surface area contributed by atoms with Crippen LogP contribution < -0.4 is 10.2 Å². The molecule has 1 N–H and O–H groups in total. The summed E-state index contributed by atoms with van der Waals surface area (Å²) in [6.45, 7) is 3.96. The Morgan fingerprint density at radius 3 is 2.64 bits per heavy atom. The monoisotopic (exact) mass is 296 g/mol. The highest BCUT2D eigenvalue weighted by Gasteiger charge is 2.16. The second-order valence-corrected chi connectivity index (χ2v) is 5.89. The molecule has 1 heterocycles. The predicted octanol–water partition coefficient (Wildman–Crippen LogP) is 3.86. The van der Waals surface area contributed by atoms with Gasteiger partial charge in [-0.2, -0.15) is 0 Å². The Kier molecular flexibility index (Phi) is 4.88. The number of benzene rings is 1. The summed E-state index contributed by atoms with van der Waals surface area (Å²) in [4.78, 5) is 11.1. The third kappa shape index (κ3) is 3.75. The Morgan fingerprint density at radius 1 is 1.14 bits per heavy atom. The first-order valence-corrected chi connectivity index (χ1v) is 8.22. The molecule has 4 nitrogen and oxygen atoms in total. The van der Waals surface area contributed by atoms with Crippen molar-refractivity contribution in [2.24, 2.45) is 0 Å². The van der Waals surface area contributed by atoms with Gasteiger partial charge in [0.2, 0.25) is 0 Å². The van der Waals surface area contributed by atoms with Crippen molar-refractivity contribution in [3.8, 4) is 0 Å². The van der Waals surface area contributed by atoms with Crippen LogP contribution in [0.25, 0.3) is 0 Å². The van der Waals surface area contributed by atoms with Gasteiger partial charge in [-0.15, -0.1) is 0 Å². The van der Waals surface area contributed by atoms with E-state index in [1.807, 2.05) is 6.07 Å². The molecule has 3 rings (SSSR count). The Bertz CT molecular complexity index is 579. The predicted molar refractivity (Wildman–Crippen MR) is 91.1 cm³/mol. The molecule has 0 radical (unpaired) electrons. The van der Waals surface area contributed by atoms with Crippen LogP contribution in [-0.2, 0) is 6.54 Å². The minimum Gasteiger partial charge on any atom is -0.367 e. The summed E-state index contributed by atoms with van der Waals surface area (Å²) in [5.74, 6) is 1.94. The molecule has 1 aliphatic rings. The van der Waals surface area contributed by atoms with Gasteiger partial charge in [-0.1, -0.05) is 43.2 Å². The second-order valence-electron chi connectivity index (χ2n) is 5.89. The number of rotatable bonds is 6.